The summed E-state index contributed by atoms with van der Waals surface area (Å²) in [5.74, 6) is -1.07. The van der Waals surface area contributed by atoms with Crippen molar-refractivity contribution in [2.24, 2.45) is 0 Å². The van der Waals surface area contributed by atoms with Gasteiger partial charge in [-0.15, -0.1) is 0 Å². The van der Waals surface area contributed by atoms with Crippen LogP contribution in [0.4, 0.5) is 0 Å². The summed E-state index contributed by atoms with van der Waals surface area (Å²) in [5, 5.41) is 19.8. The van der Waals surface area contributed by atoms with Gasteiger partial charge in [0, 0.05) is 22.7 Å². The monoisotopic (exact) mass is 375 g/mol. The van der Waals surface area contributed by atoms with E-state index in [1.165, 1.54) is 0 Å². The molecule has 7 heteroatoms. The van der Waals surface area contributed by atoms with Crippen molar-refractivity contribution in [3.63, 3.8) is 0 Å². The van der Waals surface area contributed by atoms with Crippen molar-refractivity contribution in [2.75, 3.05) is 0 Å². The van der Waals surface area contributed by atoms with Gasteiger partial charge in [-0.3, -0.25) is 0 Å². The normalized spacial score (nSPS) is 11.7. The number of carbonyl (C=O) groups is 1. The van der Waals surface area contributed by atoms with Gasteiger partial charge in [0.25, 0.3) is 5.22 Å². The van der Waals surface area contributed by atoms with E-state index in [1.807, 2.05) is 42.5 Å². The molecule has 0 aliphatic carbocycles. The summed E-state index contributed by atoms with van der Waals surface area (Å²) >= 11 is 0.958. The average molecular weight is 375 g/mol. The Balaban J connectivity index is 1.76. The van der Waals surface area contributed by atoms with E-state index in [-0.39, 0.29) is 16.7 Å². The largest absolute Gasteiger partial charge is 0.477 e. The fourth-order valence-electron chi connectivity index (χ4n) is 2.86. The number of benzene rings is 2. The first-order chi connectivity index (χ1) is 13.2. The van der Waals surface area contributed by atoms with Crippen LogP contribution >= 0.6 is 11.8 Å². The first-order valence-electron chi connectivity index (χ1n) is 8.09. The van der Waals surface area contributed by atoms with Crippen LogP contribution in [0.3, 0.4) is 0 Å². The molecule has 0 saturated carbocycles. The number of hydrogen-bond acceptors (Lipinski definition) is 5. The molecule has 0 radical (unpaired) electrons. The smallest absolute Gasteiger partial charge is 0.342 e. The molecule has 0 aliphatic heterocycles. The molecule has 0 aliphatic rings. The SMILES string of the molecule is N#CCn1cc(/C=C(\Sc2nc3ccccc3o2)C(=O)O)c2ccccc21. The van der Waals surface area contributed by atoms with Crippen molar-refractivity contribution in [3.05, 3.63) is 65.2 Å². The topological polar surface area (TPSA) is 92.0 Å². The maximum Gasteiger partial charge on any atom is 0.342 e. The van der Waals surface area contributed by atoms with Gasteiger partial charge in [0.1, 0.15) is 17.0 Å². The molecule has 4 rings (SSSR count). The lowest BCUT2D eigenvalue weighted by Gasteiger charge is -1.98. The zero-order chi connectivity index (χ0) is 18.8. The molecule has 0 amide bonds. The maximum absolute atomic E-state index is 11.8. The molecular weight excluding hydrogens is 362 g/mol. The lowest BCUT2D eigenvalue weighted by atomic mass is 10.1. The van der Waals surface area contributed by atoms with Crippen LogP contribution in [0.25, 0.3) is 28.1 Å². The molecule has 0 unspecified atom stereocenters. The second-order valence-electron chi connectivity index (χ2n) is 5.75. The van der Waals surface area contributed by atoms with Crippen LogP contribution in [0, 0.1) is 11.3 Å². The molecule has 2 aromatic carbocycles. The van der Waals surface area contributed by atoms with Crippen molar-refractivity contribution in [3.8, 4) is 6.07 Å². The molecule has 132 valence electrons. The van der Waals surface area contributed by atoms with Gasteiger partial charge < -0.3 is 14.1 Å². The molecule has 27 heavy (non-hydrogen) atoms. The number of carboxylic acids is 1. The Kier molecular flexibility index (Phi) is 4.40. The molecule has 0 atom stereocenters. The third kappa shape index (κ3) is 3.30. The molecule has 0 bridgehead atoms. The fraction of sp³-hybridized carbons (Fsp3) is 0.0500. The number of aliphatic carboxylic acids is 1. The Morgan fingerprint density at radius 1 is 1.26 bits per heavy atom. The number of oxazole rings is 1. The highest BCUT2D eigenvalue weighted by molar-refractivity contribution is 8.03. The summed E-state index contributed by atoms with van der Waals surface area (Å²) in [5.41, 5.74) is 2.88. The van der Waals surface area contributed by atoms with E-state index in [9.17, 15) is 9.90 Å². The van der Waals surface area contributed by atoms with E-state index in [0.717, 1.165) is 28.2 Å². The van der Waals surface area contributed by atoms with Gasteiger partial charge in [-0.2, -0.15) is 5.26 Å². The van der Waals surface area contributed by atoms with Crippen molar-refractivity contribution in [1.29, 1.82) is 5.26 Å². The van der Waals surface area contributed by atoms with Crippen LogP contribution < -0.4 is 0 Å². The highest BCUT2D eigenvalue weighted by atomic mass is 32.2. The first kappa shape index (κ1) is 16.9. The Morgan fingerprint density at radius 3 is 2.81 bits per heavy atom. The lowest BCUT2D eigenvalue weighted by molar-refractivity contribution is -0.131. The molecular formula is C20H13N3O3S. The zero-order valence-electron chi connectivity index (χ0n) is 14.0. The van der Waals surface area contributed by atoms with Gasteiger partial charge in [0.2, 0.25) is 0 Å². The van der Waals surface area contributed by atoms with Crippen molar-refractivity contribution < 1.29 is 14.3 Å². The molecule has 0 fully saturated rings. The van der Waals surface area contributed by atoms with Crippen LogP contribution in [-0.2, 0) is 11.3 Å². The van der Waals surface area contributed by atoms with Gasteiger partial charge in [-0.1, -0.05) is 30.3 Å². The predicted molar refractivity (Wildman–Crippen MR) is 103 cm³/mol. The van der Waals surface area contributed by atoms with Crippen molar-refractivity contribution in [1.82, 2.24) is 9.55 Å². The number of thioether (sulfide) groups is 1. The van der Waals surface area contributed by atoms with Crippen LogP contribution in [0.2, 0.25) is 0 Å². The number of rotatable bonds is 5. The molecule has 4 aromatic rings. The third-order valence-corrected chi connectivity index (χ3v) is 4.89. The highest BCUT2D eigenvalue weighted by Crippen LogP contribution is 2.32. The second kappa shape index (κ2) is 7.02. The molecule has 1 N–H and O–H groups in total. The maximum atomic E-state index is 11.8. The number of aromatic nitrogens is 2. The quantitative estimate of drug-likeness (QED) is 0.407. The van der Waals surface area contributed by atoms with Crippen molar-refractivity contribution in [2.45, 2.75) is 11.8 Å². The van der Waals surface area contributed by atoms with Crippen LogP contribution in [0.1, 0.15) is 5.56 Å². The lowest BCUT2D eigenvalue weighted by Crippen LogP contribution is -1.96. The first-order valence-corrected chi connectivity index (χ1v) is 8.90. The molecule has 6 nitrogen and oxygen atoms in total. The molecule has 2 aromatic heterocycles. The van der Waals surface area contributed by atoms with Gasteiger partial charge in [-0.25, -0.2) is 9.78 Å². The Labute approximate surface area is 158 Å². The minimum absolute atomic E-state index is 0.0846. The third-order valence-electron chi connectivity index (χ3n) is 4.03. The van der Waals surface area contributed by atoms with Gasteiger partial charge in [-0.05, 0) is 36.0 Å². The minimum Gasteiger partial charge on any atom is -0.477 e. The number of carboxylic acid groups (broad SMARTS) is 1. The summed E-state index contributed by atoms with van der Waals surface area (Å²) < 4.78 is 7.41. The van der Waals surface area contributed by atoms with E-state index >= 15 is 0 Å². The predicted octanol–water partition coefficient (Wildman–Crippen LogP) is 4.52. The van der Waals surface area contributed by atoms with Crippen LogP contribution in [-0.4, -0.2) is 20.6 Å². The van der Waals surface area contributed by atoms with E-state index in [1.54, 1.807) is 22.9 Å². The van der Waals surface area contributed by atoms with Crippen LogP contribution in [0.5, 0.6) is 0 Å². The second-order valence-corrected chi connectivity index (χ2v) is 6.74. The molecule has 0 spiro atoms. The molecule has 2 heterocycles. The number of nitriles is 1. The van der Waals surface area contributed by atoms with E-state index in [2.05, 4.69) is 11.1 Å². The standard InChI is InChI=1S/C20H13N3O3S/c21-9-10-23-12-13(14-5-1-3-7-16(14)23)11-18(19(24)25)27-20-22-15-6-2-4-8-17(15)26-20/h1-8,11-12H,10H2,(H,24,25)/b18-11-. The molecule has 0 saturated heterocycles. The number of fused-ring (bicyclic) bond motifs is 2. The highest BCUT2D eigenvalue weighted by Gasteiger charge is 2.16. The van der Waals surface area contributed by atoms with Crippen molar-refractivity contribution >= 4 is 45.8 Å². The number of para-hydroxylation sites is 3. The Bertz CT molecular complexity index is 1200. The van der Waals surface area contributed by atoms with Crippen LogP contribution in [0.15, 0.2) is 69.3 Å². The summed E-state index contributed by atoms with van der Waals surface area (Å²) in [6.07, 6.45) is 3.36. The van der Waals surface area contributed by atoms with E-state index in [0.29, 0.717) is 11.1 Å². The minimum atomic E-state index is -1.07. The zero-order valence-corrected chi connectivity index (χ0v) is 14.8. The fourth-order valence-corrected chi connectivity index (χ4v) is 3.60. The van der Waals surface area contributed by atoms with E-state index in [4.69, 9.17) is 9.68 Å². The summed E-state index contributed by atoms with van der Waals surface area (Å²) in [4.78, 5) is 16.2. The van der Waals surface area contributed by atoms with Gasteiger partial charge >= 0.3 is 5.97 Å². The summed E-state index contributed by atoms with van der Waals surface area (Å²) in [6.45, 7) is 0.190. The van der Waals surface area contributed by atoms with E-state index < -0.39 is 5.97 Å². The number of hydrogen-bond donors (Lipinski definition) is 1. The van der Waals surface area contributed by atoms with Gasteiger partial charge in [0.05, 0.1) is 6.07 Å². The van der Waals surface area contributed by atoms with Gasteiger partial charge in [0.15, 0.2) is 5.58 Å². The Morgan fingerprint density at radius 2 is 2.04 bits per heavy atom. The summed E-state index contributed by atoms with van der Waals surface area (Å²) in [7, 11) is 0. The summed E-state index contributed by atoms with van der Waals surface area (Å²) in [6, 6.07) is 17.0. The number of nitrogens with zero attached hydrogens (tertiary/aromatic N) is 3. The Hall–Kier alpha value is -3.50. The average Bonchev–Trinajstić information content (AvgIpc) is 3.23.